The molecule has 1 atom stereocenters. The fourth-order valence-electron chi connectivity index (χ4n) is 3.29. The molecule has 3 heterocycles. The number of rotatable bonds is 8. The fraction of sp³-hybridized carbons (Fsp3) is 0.765. The normalized spacial score (nSPS) is 19.1. The number of nitrogens with two attached hydrogens (primary N) is 1. The van der Waals surface area contributed by atoms with Crippen LogP contribution in [0.1, 0.15) is 32.6 Å². The molecule has 2 aliphatic heterocycles. The van der Waals surface area contributed by atoms with E-state index in [0.717, 1.165) is 63.4 Å². The molecule has 4 N–H and O–H groups in total. The van der Waals surface area contributed by atoms with E-state index in [1.807, 2.05) is 6.92 Å². The lowest BCUT2D eigenvalue weighted by molar-refractivity contribution is 0.618. The van der Waals surface area contributed by atoms with Gasteiger partial charge in [-0.15, -0.1) is 0 Å². The molecular formula is C17H31N7. The Balaban J connectivity index is 1.64. The fourth-order valence-corrected chi connectivity index (χ4v) is 3.29. The van der Waals surface area contributed by atoms with Gasteiger partial charge < -0.3 is 26.2 Å². The van der Waals surface area contributed by atoms with Gasteiger partial charge in [0.2, 0.25) is 5.95 Å². The lowest BCUT2D eigenvalue weighted by atomic mass is 10.3. The molecule has 7 nitrogen and oxygen atoms in total. The molecule has 0 spiro atoms. The Morgan fingerprint density at radius 2 is 1.71 bits per heavy atom. The number of aromatic nitrogens is 2. The Morgan fingerprint density at radius 3 is 2.38 bits per heavy atom. The van der Waals surface area contributed by atoms with Gasteiger partial charge in [-0.3, -0.25) is 0 Å². The standard InChI is InChI=1S/C17H31N7/c1-14(18)13-19-6-7-20-15-12-16(23-8-2-3-9-23)22-17(21-15)24-10-4-5-11-24/h12,14,19H,2-11,13,18H2,1H3,(H,20,21,22). The zero-order chi connectivity index (χ0) is 16.8. The molecule has 0 amide bonds. The smallest absolute Gasteiger partial charge is 0.229 e. The van der Waals surface area contributed by atoms with Crippen molar-refractivity contribution in [2.45, 2.75) is 38.6 Å². The van der Waals surface area contributed by atoms with E-state index in [-0.39, 0.29) is 6.04 Å². The Kier molecular flexibility index (Phi) is 6.09. The molecule has 0 bridgehead atoms. The summed E-state index contributed by atoms with van der Waals surface area (Å²) in [5, 5.41) is 6.78. The van der Waals surface area contributed by atoms with Crippen LogP contribution in [-0.4, -0.2) is 61.8 Å². The third-order valence-electron chi connectivity index (χ3n) is 4.59. The average molecular weight is 333 g/mol. The van der Waals surface area contributed by atoms with Gasteiger partial charge in [0.1, 0.15) is 11.6 Å². The van der Waals surface area contributed by atoms with Gasteiger partial charge in [0.25, 0.3) is 0 Å². The molecule has 24 heavy (non-hydrogen) atoms. The second kappa shape index (κ2) is 8.48. The largest absolute Gasteiger partial charge is 0.369 e. The Bertz CT molecular complexity index is 473. The van der Waals surface area contributed by atoms with Gasteiger partial charge in [-0.05, 0) is 32.6 Å². The molecule has 0 radical (unpaired) electrons. The molecule has 1 aromatic rings. The van der Waals surface area contributed by atoms with Crippen LogP contribution in [0.5, 0.6) is 0 Å². The number of nitrogens with zero attached hydrogens (tertiary/aromatic N) is 4. The minimum absolute atomic E-state index is 0.188. The SMILES string of the molecule is CC(N)CNCCNc1cc(N2CCCC2)nc(N2CCCC2)n1. The van der Waals surface area contributed by atoms with Gasteiger partial charge in [0.15, 0.2) is 0 Å². The summed E-state index contributed by atoms with van der Waals surface area (Å²) in [5.41, 5.74) is 5.75. The van der Waals surface area contributed by atoms with Gasteiger partial charge in [0, 0.05) is 57.9 Å². The molecule has 1 aromatic heterocycles. The maximum absolute atomic E-state index is 5.75. The first-order valence-corrected chi connectivity index (χ1v) is 9.31. The van der Waals surface area contributed by atoms with E-state index in [1.54, 1.807) is 0 Å². The minimum Gasteiger partial charge on any atom is -0.369 e. The molecule has 0 aromatic carbocycles. The summed E-state index contributed by atoms with van der Waals surface area (Å²) in [5.74, 6) is 2.87. The van der Waals surface area contributed by atoms with Crippen LogP contribution in [0.2, 0.25) is 0 Å². The van der Waals surface area contributed by atoms with Gasteiger partial charge in [-0.25, -0.2) is 0 Å². The maximum Gasteiger partial charge on any atom is 0.229 e. The average Bonchev–Trinajstić information content (AvgIpc) is 3.27. The summed E-state index contributed by atoms with van der Waals surface area (Å²) in [6, 6.07) is 2.28. The van der Waals surface area contributed by atoms with Crippen LogP contribution in [0.3, 0.4) is 0 Å². The van der Waals surface area contributed by atoms with Crippen LogP contribution in [0.25, 0.3) is 0 Å². The maximum atomic E-state index is 5.75. The highest BCUT2D eigenvalue weighted by Crippen LogP contribution is 2.25. The zero-order valence-corrected chi connectivity index (χ0v) is 14.8. The summed E-state index contributed by atoms with van der Waals surface area (Å²) in [7, 11) is 0. The van der Waals surface area contributed by atoms with E-state index < -0.39 is 0 Å². The summed E-state index contributed by atoms with van der Waals surface area (Å²) >= 11 is 0. The van der Waals surface area contributed by atoms with Gasteiger partial charge in [-0.2, -0.15) is 9.97 Å². The summed E-state index contributed by atoms with van der Waals surface area (Å²) in [6.07, 6.45) is 4.99. The van der Waals surface area contributed by atoms with Gasteiger partial charge in [0.05, 0.1) is 0 Å². The first kappa shape index (κ1) is 17.2. The first-order valence-electron chi connectivity index (χ1n) is 9.31. The van der Waals surface area contributed by atoms with E-state index in [1.165, 1.54) is 25.7 Å². The van der Waals surface area contributed by atoms with Gasteiger partial charge in [-0.1, -0.05) is 0 Å². The highest BCUT2D eigenvalue weighted by atomic mass is 15.3. The van der Waals surface area contributed by atoms with Crippen molar-refractivity contribution in [3.63, 3.8) is 0 Å². The van der Waals surface area contributed by atoms with Crippen molar-refractivity contribution in [3.05, 3.63) is 6.07 Å². The highest BCUT2D eigenvalue weighted by Gasteiger charge is 2.20. The van der Waals surface area contributed by atoms with Crippen LogP contribution in [-0.2, 0) is 0 Å². The number of nitrogens with one attached hydrogen (secondary N) is 2. The Morgan fingerprint density at radius 1 is 1.04 bits per heavy atom. The van der Waals surface area contributed by atoms with Crippen molar-refractivity contribution in [1.82, 2.24) is 15.3 Å². The van der Waals surface area contributed by atoms with E-state index in [9.17, 15) is 0 Å². The first-order chi connectivity index (χ1) is 11.7. The molecule has 2 saturated heterocycles. The van der Waals surface area contributed by atoms with Crippen molar-refractivity contribution in [3.8, 4) is 0 Å². The van der Waals surface area contributed by atoms with Crippen LogP contribution in [0.4, 0.5) is 17.6 Å². The predicted octanol–water partition coefficient (Wildman–Crippen LogP) is 1.03. The quantitative estimate of drug-likeness (QED) is 0.613. The summed E-state index contributed by atoms with van der Waals surface area (Å²) in [6.45, 7) is 8.90. The molecule has 0 aliphatic carbocycles. The highest BCUT2D eigenvalue weighted by molar-refractivity contribution is 5.55. The summed E-state index contributed by atoms with van der Waals surface area (Å²) in [4.78, 5) is 14.3. The molecule has 2 aliphatic rings. The number of hydrogen-bond acceptors (Lipinski definition) is 7. The van der Waals surface area contributed by atoms with E-state index in [4.69, 9.17) is 15.7 Å². The van der Waals surface area contributed by atoms with Crippen LogP contribution < -0.4 is 26.2 Å². The number of hydrogen-bond donors (Lipinski definition) is 3. The minimum atomic E-state index is 0.188. The lowest BCUT2D eigenvalue weighted by Crippen LogP contribution is -2.33. The topological polar surface area (TPSA) is 82.3 Å². The van der Waals surface area contributed by atoms with E-state index in [2.05, 4.69) is 26.5 Å². The predicted molar refractivity (Wildman–Crippen MR) is 99.9 cm³/mol. The second-order valence-electron chi connectivity index (χ2n) is 6.91. The van der Waals surface area contributed by atoms with E-state index in [0.29, 0.717) is 0 Å². The van der Waals surface area contributed by atoms with Crippen LogP contribution in [0, 0.1) is 0 Å². The third kappa shape index (κ3) is 4.70. The molecule has 1 unspecified atom stereocenters. The van der Waals surface area contributed by atoms with Crippen LogP contribution in [0.15, 0.2) is 6.07 Å². The van der Waals surface area contributed by atoms with E-state index >= 15 is 0 Å². The van der Waals surface area contributed by atoms with Gasteiger partial charge >= 0.3 is 0 Å². The number of anilines is 3. The molecule has 7 heteroatoms. The Labute approximate surface area is 145 Å². The monoisotopic (exact) mass is 333 g/mol. The van der Waals surface area contributed by atoms with Crippen molar-refractivity contribution in [1.29, 1.82) is 0 Å². The van der Waals surface area contributed by atoms with Crippen LogP contribution >= 0.6 is 0 Å². The van der Waals surface area contributed by atoms with Crippen molar-refractivity contribution in [2.75, 3.05) is 60.9 Å². The molecule has 134 valence electrons. The molecule has 0 saturated carbocycles. The van der Waals surface area contributed by atoms with Crippen molar-refractivity contribution < 1.29 is 0 Å². The van der Waals surface area contributed by atoms with Crippen molar-refractivity contribution in [2.24, 2.45) is 5.73 Å². The molecule has 2 fully saturated rings. The third-order valence-corrected chi connectivity index (χ3v) is 4.59. The molecular weight excluding hydrogens is 302 g/mol. The Hall–Kier alpha value is -1.60. The second-order valence-corrected chi connectivity index (χ2v) is 6.91. The molecule has 3 rings (SSSR count). The van der Waals surface area contributed by atoms with Crippen molar-refractivity contribution >= 4 is 17.6 Å². The summed E-state index contributed by atoms with van der Waals surface area (Å²) < 4.78 is 0. The lowest BCUT2D eigenvalue weighted by Gasteiger charge is -2.22. The zero-order valence-electron chi connectivity index (χ0n) is 14.8.